The number of ether oxygens (including phenoxy) is 1. The van der Waals surface area contributed by atoms with Crippen LogP contribution in [0.15, 0.2) is 77.7 Å². The molecule has 0 radical (unpaired) electrons. The van der Waals surface area contributed by atoms with Crippen LogP contribution in [0.2, 0.25) is 0 Å². The van der Waals surface area contributed by atoms with Crippen LogP contribution in [0.25, 0.3) is 0 Å². The van der Waals surface area contributed by atoms with Crippen molar-refractivity contribution in [2.45, 2.75) is 25.2 Å². The molecular formula is C23H24N2O4S. The van der Waals surface area contributed by atoms with Crippen LogP contribution >= 0.6 is 0 Å². The summed E-state index contributed by atoms with van der Waals surface area (Å²) in [6.07, 6.45) is 0.173. The normalized spacial score (nSPS) is 11.0. The molecule has 0 bridgehead atoms. The smallest absolute Gasteiger partial charge is 0.261 e. The molecule has 1 amide bonds. The molecule has 7 heteroatoms. The molecule has 0 saturated carbocycles. The highest BCUT2D eigenvalue weighted by atomic mass is 32.2. The van der Waals surface area contributed by atoms with Crippen LogP contribution in [0.3, 0.4) is 0 Å². The van der Waals surface area contributed by atoms with Gasteiger partial charge in [0.1, 0.15) is 5.75 Å². The second-order valence-electron chi connectivity index (χ2n) is 6.91. The van der Waals surface area contributed by atoms with Gasteiger partial charge in [0.2, 0.25) is 5.91 Å². The van der Waals surface area contributed by atoms with Gasteiger partial charge < -0.3 is 10.1 Å². The minimum Gasteiger partial charge on any atom is -0.493 e. The van der Waals surface area contributed by atoms with Gasteiger partial charge in [-0.3, -0.25) is 9.52 Å². The van der Waals surface area contributed by atoms with Gasteiger partial charge in [-0.1, -0.05) is 42.0 Å². The first-order valence-electron chi connectivity index (χ1n) is 9.51. The fraction of sp³-hybridized carbons (Fsp3) is 0.174. The number of carbonyl (C=O) groups is 1. The van der Waals surface area contributed by atoms with E-state index in [0.29, 0.717) is 17.1 Å². The maximum Gasteiger partial charge on any atom is 0.261 e. The summed E-state index contributed by atoms with van der Waals surface area (Å²) in [4.78, 5) is 12.4. The summed E-state index contributed by atoms with van der Waals surface area (Å²) in [6.45, 7) is 4.03. The first-order valence-corrected chi connectivity index (χ1v) is 11.0. The predicted octanol–water partition coefficient (Wildman–Crippen LogP) is 4.51. The minimum atomic E-state index is -3.71. The first kappa shape index (κ1) is 21.4. The van der Waals surface area contributed by atoms with E-state index in [1.54, 1.807) is 43.3 Å². The third-order valence-electron chi connectivity index (χ3n) is 4.44. The number of sulfonamides is 1. The molecule has 2 N–H and O–H groups in total. The van der Waals surface area contributed by atoms with Gasteiger partial charge in [-0.05, 0) is 55.8 Å². The third kappa shape index (κ3) is 5.84. The van der Waals surface area contributed by atoms with Gasteiger partial charge in [-0.25, -0.2) is 8.42 Å². The highest BCUT2D eigenvalue weighted by Gasteiger charge is 2.15. The van der Waals surface area contributed by atoms with E-state index >= 15 is 0 Å². The van der Waals surface area contributed by atoms with Gasteiger partial charge in [-0.2, -0.15) is 0 Å². The predicted molar refractivity (Wildman–Crippen MR) is 118 cm³/mol. The SMILES string of the molecule is Cc1ccc(OCCC(=O)Nc2ccc(C)c(NS(=O)(=O)c3ccccc3)c2)cc1. The average Bonchev–Trinajstić information content (AvgIpc) is 2.72. The number of amides is 1. The summed E-state index contributed by atoms with van der Waals surface area (Å²) in [7, 11) is -3.71. The zero-order chi connectivity index (χ0) is 21.6. The molecule has 0 aliphatic carbocycles. The van der Waals surface area contributed by atoms with E-state index in [9.17, 15) is 13.2 Å². The van der Waals surface area contributed by atoms with Gasteiger partial charge in [0.05, 0.1) is 23.6 Å². The lowest BCUT2D eigenvalue weighted by Gasteiger charge is -2.13. The van der Waals surface area contributed by atoms with Crippen LogP contribution in [0.1, 0.15) is 17.5 Å². The summed E-state index contributed by atoms with van der Waals surface area (Å²) in [6, 6.07) is 20.8. The number of hydrogen-bond acceptors (Lipinski definition) is 4. The minimum absolute atomic E-state index is 0.173. The number of nitrogens with one attached hydrogen (secondary N) is 2. The average molecular weight is 425 g/mol. The number of carbonyl (C=O) groups excluding carboxylic acids is 1. The Hall–Kier alpha value is -3.32. The highest BCUT2D eigenvalue weighted by molar-refractivity contribution is 7.92. The van der Waals surface area contributed by atoms with Crippen LogP contribution in [0.4, 0.5) is 11.4 Å². The van der Waals surface area contributed by atoms with Crippen molar-refractivity contribution in [1.82, 2.24) is 0 Å². The van der Waals surface area contributed by atoms with Crippen molar-refractivity contribution >= 4 is 27.3 Å². The molecule has 3 aromatic rings. The Labute approximate surface area is 177 Å². The van der Waals surface area contributed by atoms with E-state index < -0.39 is 10.0 Å². The van der Waals surface area contributed by atoms with E-state index in [1.807, 2.05) is 31.2 Å². The highest BCUT2D eigenvalue weighted by Crippen LogP contribution is 2.23. The Balaban J connectivity index is 1.60. The molecule has 30 heavy (non-hydrogen) atoms. The molecule has 0 aliphatic heterocycles. The van der Waals surface area contributed by atoms with E-state index in [1.165, 1.54) is 12.1 Å². The van der Waals surface area contributed by atoms with Crippen LogP contribution in [-0.2, 0) is 14.8 Å². The zero-order valence-electron chi connectivity index (χ0n) is 16.9. The molecule has 0 fully saturated rings. The molecule has 0 spiro atoms. The van der Waals surface area contributed by atoms with Crippen molar-refractivity contribution in [1.29, 1.82) is 0 Å². The van der Waals surface area contributed by atoms with Crippen molar-refractivity contribution in [3.05, 3.63) is 83.9 Å². The van der Waals surface area contributed by atoms with Gasteiger partial charge in [0.25, 0.3) is 10.0 Å². The summed E-state index contributed by atoms with van der Waals surface area (Å²) < 4.78 is 33.3. The molecule has 0 aromatic heterocycles. The van der Waals surface area contributed by atoms with Crippen LogP contribution < -0.4 is 14.8 Å². The molecule has 0 saturated heterocycles. The second kappa shape index (κ2) is 9.45. The molecule has 0 atom stereocenters. The second-order valence-corrected chi connectivity index (χ2v) is 8.59. The number of aryl methyl sites for hydroxylation is 2. The van der Waals surface area contributed by atoms with Gasteiger partial charge in [0, 0.05) is 5.69 Å². The van der Waals surface area contributed by atoms with Gasteiger partial charge in [0.15, 0.2) is 0 Å². The molecule has 0 heterocycles. The Bertz CT molecular complexity index is 1110. The zero-order valence-corrected chi connectivity index (χ0v) is 17.7. The van der Waals surface area contributed by atoms with Crippen LogP contribution in [0.5, 0.6) is 5.75 Å². The van der Waals surface area contributed by atoms with Crippen molar-refractivity contribution in [3.8, 4) is 5.75 Å². The Morgan fingerprint density at radius 1 is 0.933 bits per heavy atom. The third-order valence-corrected chi connectivity index (χ3v) is 5.82. The summed E-state index contributed by atoms with van der Waals surface area (Å²) >= 11 is 0. The monoisotopic (exact) mass is 424 g/mol. The molecule has 6 nitrogen and oxygen atoms in total. The number of benzene rings is 3. The topological polar surface area (TPSA) is 84.5 Å². The van der Waals surface area contributed by atoms with Crippen molar-refractivity contribution in [3.63, 3.8) is 0 Å². The maximum absolute atomic E-state index is 12.6. The van der Waals surface area contributed by atoms with Crippen molar-refractivity contribution in [2.24, 2.45) is 0 Å². The Kier molecular flexibility index (Phi) is 6.74. The lowest BCUT2D eigenvalue weighted by Crippen LogP contribution is -2.16. The summed E-state index contributed by atoms with van der Waals surface area (Å²) in [5.41, 5.74) is 2.80. The van der Waals surface area contributed by atoms with E-state index in [4.69, 9.17) is 4.74 Å². The summed E-state index contributed by atoms with van der Waals surface area (Å²) in [5, 5.41) is 2.78. The molecule has 0 unspecified atom stereocenters. The van der Waals surface area contributed by atoms with E-state index in [-0.39, 0.29) is 23.8 Å². The fourth-order valence-electron chi connectivity index (χ4n) is 2.73. The van der Waals surface area contributed by atoms with Crippen LogP contribution in [-0.4, -0.2) is 20.9 Å². The Morgan fingerprint density at radius 2 is 1.63 bits per heavy atom. The Morgan fingerprint density at radius 3 is 2.33 bits per heavy atom. The molecule has 156 valence electrons. The largest absolute Gasteiger partial charge is 0.493 e. The molecular weight excluding hydrogens is 400 g/mol. The molecule has 3 aromatic carbocycles. The lowest BCUT2D eigenvalue weighted by molar-refractivity contribution is -0.116. The van der Waals surface area contributed by atoms with Gasteiger partial charge in [-0.15, -0.1) is 0 Å². The fourth-order valence-corrected chi connectivity index (χ4v) is 3.88. The number of anilines is 2. The quantitative estimate of drug-likeness (QED) is 0.557. The number of hydrogen-bond donors (Lipinski definition) is 2. The van der Waals surface area contributed by atoms with Crippen LogP contribution in [0, 0.1) is 13.8 Å². The van der Waals surface area contributed by atoms with E-state index in [0.717, 1.165) is 11.1 Å². The summed E-state index contributed by atoms with van der Waals surface area (Å²) in [5.74, 6) is 0.490. The van der Waals surface area contributed by atoms with Gasteiger partial charge >= 0.3 is 0 Å². The first-order chi connectivity index (χ1) is 14.3. The maximum atomic E-state index is 12.6. The standard InChI is InChI=1S/C23H24N2O4S/c1-17-8-12-20(13-9-17)29-15-14-23(26)24-19-11-10-18(2)22(16-19)25-30(27,28)21-6-4-3-5-7-21/h3-13,16,25H,14-15H2,1-2H3,(H,24,26). The van der Waals surface area contributed by atoms with Crippen molar-refractivity contribution < 1.29 is 17.9 Å². The lowest BCUT2D eigenvalue weighted by atomic mass is 10.2. The molecule has 3 rings (SSSR count). The number of rotatable bonds is 8. The van der Waals surface area contributed by atoms with Crippen molar-refractivity contribution in [2.75, 3.05) is 16.6 Å². The van der Waals surface area contributed by atoms with E-state index in [2.05, 4.69) is 10.0 Å². The molecule has 0 aliphatic rings.